The second kappa shape index (κ2) is 3.58. The van der Waals surface area contributed by atoms with E-state index < -0.39 is 0 Å². The van der Waals surface area contributed by atoms with Gasteiger partial charge in [-0.25, -0.2) is 0 Å². The van der Waals surface area contributed by atoms with Crippen molar-refractivity contribution in [3.8, 4) is 0 Å². The summed E-state index contributed by atoms with van der Waals surface area (Å²) in [5, 5.41) is 2.88. The van der Waals surface area contributed by atoms with Gasteiger partial charge in [-0.2, -0.15) is 0 Å². The molecule has 72 valence electrons. The number of rotatable bonds is 3. The van der Waals surface area contributed by atoms with Gasteiger partial charge in [-0.05, 0) is 18.3 Å². The second-order valence-electron chi connectivity index (χ2n) is 3.78. The number of thiazole rings is 1. The number of halogens is 1. The van der Waals surface area contributed by atoms with Crippen LogP contribution in [0.2, 0.25) is 0 Å². The fraction of sp³-hybridized carbons (Fsp3) is 0.667. The van der Waals surface area contributed by atoms with E-state index in [4.69, 9.17) is 0 Å². The lowest BCUT2D eigenvalue weighted by Gasteiger charge is -2.40. The molecule has 1 aromatic heterocycles. The Kier molecular flexibility index (Phi) is 2.60. The molecule has 1 aliphatic carbocycles. The lowest BCUT2D eigenvalue weighted by atomic mass is 9.70. The van der Waals surface area contributed by atoms with Crippen LogP contribution in [0.25, 0.3) is 0 Å². The molecule has 0 amide bonds. The monoisotopic (exact) mass is 261 g/mol. The first-order valence-electron chi connectivity index (χ1n) is 4.46. The van der Waals surface area contributed by atoms with Crippen molar-refractivity contribution >= 4 is 27.3 Å². The molecule has 0 saturated heterocycles. The molecule has 0 radical (unpaired) electrons. The molecule has 1 aliphatic rings. The van der Waals surface area contributed by atoms with Crippen LogP contribution in [-0.2, 0) is 6.54 Å². The van der Waals surface area contributed by atoms with Crippen LogP contribution in [0.1, 0.15) is 19.3 Å². The van der Waals surface area contributed by atoms with Crippen LogP contribution in [0, 0.1) is 5.41 Å². The maximum atomic E-state index is 11.3. The fourth-order valence-corrected chi connectivity index (χ4v) is 3.10. The van der Waals surface area contributed by atoms with Gasteiger partial charge >= 0.3 is 4.87 Å². The first kappa shape index (κ1) is 9.46. The Morgan fingerprint density at radius 2 is 2.38 bits per heavy atom. The van der Waals surface area contributed by atoms with Crippen molar-refractivity contribution in [1.29, 1.82) is 0 Å². The SMILES string of the molecule is O=c1sccn1CC1(CBr)CCC1. The summed E-state index contributed by atoms with van der Waals surface area (Å²) in [5.74, 6) is 0. The van der Waals surface area contributed by atoms with E-state index in [0.29, 0.717) is 5.41 Å². The maximum Gasteiger partial charge on any atom is 0.307 e. The first-order chi connectivity index (χ1) is 6.26. The third-order valence-corrected chi connectivity index (χ3v) is 4.73. The van der Waals surface area contributed by atoms with Crippen LogP contribution in [0.4, 0.5) is 0 Å². The van der Waals surface area contributed by atoms with Gasteiger partial charge in [0.1, 0.15) is 0 Å². The summed E-state index contributed by atoms with van der Waals surface area (Å²) in [4.78, 5) is 11.5. The molecular formula is C9H12BrNOS. The van der Waals surface area contributed by atoms with E-state index in [9.17, 15) is 4.79 Å². The number of nitrogens with zero attached hydrogens (tertiary/aromatic N) is 1. The topological polar surface area (TPSA) is 22.0 Å². The van der Waals surface area contributed by atoms with Gasteiger partial charge in [-0.3, -0.25) is 4.79 Å². The minimum Gasteiger partial charge on any atom is -0.305 e. The van der Waals surface area contributed by atoms with Crippen molar-refractivity contribution in [3.63, 3.8) is 0 Å². The second-order valence-corrected chi connectivity index (χ2v) is 5.20. The number of hydrogen-bond donors (Lipinski definition) is 0. The number of hydrogen-bond acceptors (Lipinski definition) is 2. The zero-order valence-corrected chi connectivity index (χ0v) is 9.73. The van der Waals surface area contributed by atoms with E-state index in [0.717, 1.165) is 11.9 Å². The fourth-order valence-electron chi connectivity index (χ4n) is 1.78. The van der Waals surface area contributed by atoms with Gasteiger partial charge in [0.2, 0.25) is 0 Å². The molecule has 0 bridgehead atoms. The molecule has 0 unspecified atom stereocenters. The summed E-state index contributed by atoms with van der Waals surface area (Å²) in [6, 6.07) is 0. The van der Waals surface area contributed by atoms with E-state index in [-0.39, 0.29) is 4.87 Å². The van der Waals surface area contributed by atoms with Crippen molar-refractivity contribution in [1.82, 2.24) is 4.57 Å². The van der Waals surface area contributed by atoms with Gasteiger partial charge in [-0.15, -0.1) is 0 Å². The van der Waals surface area contributed by atoms with E-state index in [1.54, 1.807) is 0 Å². The smallest absolute Gasteiger partial charge is 0.305 e. The molecule has 0 aromatic carbocycles. The van der Waals surface area contributed by atoms with Crippen LogP contribution in [0.15, 0.2) is 16.4 Å². The molecule has 0 N–H and O–H groups in total. The molecule has 2 rings (SSSR count). The van der Waals surface area contributed by atoms with Crippen LogP contribution >= 0.6 is 27.3 Å². The van der Waals surface area contributed by atoms with Gasteiger partial charge < -0.3 is 4.57 Å². The van der Waals surface area contributed by atoms with E-state index >= 15 is 0 Å². The molecule has 0 spiro atoms. The Morgan fingerprint density at radius 3 is 2.77 bits per heavy atom. The largest absolute Gasteiger partial charge is 0.307 e. The van der Waals surface area contributed by atoms with E-state index in [1.807, 2.05) is 16.1 Å². The normalized spacial score (nSPS) is 19.8. The highest BCUT2D eigenvalue weighted by Crippen LogP contribution is 2.43. The molecular weight excluding hydrogens is 250 g/mol. The number of aromatic nitrogens is 1. The summed E-state index contributed by atoms with van der Waals surface area (Å²) in [6.45, 7) is 0.889. The zero-order valence-electron chi connectivity index (χ0n) is 7.33. The quantitative estimate of drug-likeness (QED) is 0.767. The highest BCUT2D eigenvalue weighted by atomic mass is 79.9. The molecule has 13 heavy (non-hydrogen) atoms. The summed E-state index contributed by atoms with van der Waals surface area (Å²) in [6.07, 6.45) is 5.71. The molecule has 1 aromatic rings. The maximum absolute atomic E-state index is 11.3. The predicted octanol–water partition coefficient (Wildman–Crippen LogP) is 2.48. The molecule has 0 atom stereocenters. The number of alkyl halides is 1. The van der Waals surface area contributed by atoms with E-state index in [1.165, 1.54) is 30.6 Å². The zero-order chi connectivity index (χ0) is 9.31. The van der Waals surface area contributed by atoms with Crippen molar-refractivity contribution in [2.75, 3.05) is 5.33 Å². The summed E-state index contributed by atoms with van der Waals surface area (Å²) < 4.78 is 1.84. The highest BCUT2D eigenvalue weighted by Gasteiger charge is 2.36. The van der Waals surface area contributed by atoms with Crippen molar-refractivity contribution in [3.05, 3.63) is 21.2 Å². The van der Waals surface area contributed by atoms with Gasteiger partial charge in [0.25, 0.3) is 0 Å². The minimum absolute atomic E-state index is 0.173. The molecule has 2 nitrogen and oxygen atoms in total. The van der Waals surface area contributed by atoms with Crippen molar-refractivity contribution in [2.24, 2.45) is 5.41 Å². The molecule has 1 heterocycles. The molecule has 1 fully saturated rings. The molecule has 0 aliphatic heterocycles. The lowest BCUT2D eigenvalue weighted by molar-refractivity contribution is 0.139. The Morgan fingerprint density at radius 1 is 1.62 bits per heavy atom. The average molecular weight is 262 g/mol. The lowest BCUT2D eigenvalue weighted by Crippen LogP contribution is -2.37. The van der Waals surface area contributed by atoms with Crippen LogP contribution in [0.5, 0.6) is 0 Å². The van der Waals surface area contributed by atoms with Crippen molar-refractivity contribution in [2.45, 2.75) is 25.8 Å². The summed E-state index contributed by atoms with van der Waals surface area (Å²) >= 11 is 4.82. The van der Waals surface area contributed by atoms with E-state index in [2.05, 4.69) is 15.9 Å². The standard InChI is InChI=1S/C9H12BrNOS/c10-6-9(2-1-3-9)7-11-4-5-13-8(11)12/h4-5H,1-3,6-7H2. The van der Waals surface area contributed by atoms with Gasteiger partial charge in [0.15, 0.2) is 0 Å². The summed E-state index contributed by atoms with van der Waals surface area (Å²) in [7, 11) is 0. The molecule has 4 heteroatoms. The first-order valence-corrected chi connectivity index (χ1v) is 6.46. The van der Waals surface area contributed by atoms with Gasteiger partial charge in [0, 0.05) is 23.5 Å². The molecule has 1 saturated carbocycles. The van der Waals surface area contributed by atoms with Crippen LogP contribution < -0.4 is 4.87 Å². The Bertz CT molecular complexity index is 334. The van der Waals surface area contributed by atoms with Gasteiger partial charge in [-0.1, -0.05) is 33.7 Å². The Labute approximate surface area is 89.7 Å². The highest BCUT2D eigenvalue weighted by molar-refractivity contribution is 9.09. The Hall–Kier alpha value is -0.0900. The van der Waals surface area contributed by atoms with Crippen molar-refractivity contribution < 1.29 is 0 Å². The Balaban J connectivity index is 2.13. The minimum atomic E-state index is 0.173. The third-order valence-electron chi connectivity index (χ3n) is 2.85. The third kappa shape index (κ3) is 1.74. The predicted molar refractivity (Wildman–Crippen MR) is 58.7 cm³/mol. The van der Waals surface area contributed by atoms with Crippen LogP contribution in [0.3, 0.4) is 0 Å². The average Bonchev–Trinajstić information content (AvgIpc) is 2.44. The van der Waals surface area contributed by atoms with Gasteiger partial charge in [0.05, 0.1) is 0 Å². The summed E-state index contributed by atoms with van der Waals surface area (Å²) in [5.41, 5.74) is 0.366. The van der Waals surface area contributed by atoms with Crippen LogP contribution in [-0.4, -0.2) is 9.90 Å².